The quantitative estimate of drug-likeness (QED) is 0.407. The number of halogens is 1. The number of hydrogen-bond acceptors (Lipinski definition) is 10. The second-order valence-corrected chi connectivity index (χ2v) is 10.7. The first-order valence-electron chi connectivity index (χ1n) is 11.8. The number of fused-ring (bicyclic) bond motifs is 1. The largest absolute Gasteiger partial charge is 0.345 e. The maximum absolute atomic E-state index is 13.2. The highest BCUT2D eigenvalue weighted by atomic mass is 35.5. The van der Waals surface area contributed by atoms with Crippen molar-refractivity contribution in [1.82, 2.24) is 35.6 Å². The van der Waals surface area contributed by atoms with E-state index < -0.39 is 23.9 Å². The van der Waals surface area contributed by atoms with Crippen LogP contribution in [0.25, 0.3) is 0 Å². The molecule has 0 unspecified atom stereocenters. The molecule has 3 aromatic rings. The van der Waals surface area contributed by atoms with Crippen molar-refractivity contribution < 1.29 is 18.9 Å². The van der Waals surface area contributed by atoms with E-state index in [0.717, 1.165) is 30.1 Å². The van der Waals surface area contributed by atoms with E-state index in [1.165, 1.54) is 30.0 Å². The first kappa shape index (κ1) is 25.2. The third-order valence-electron chi connectivity index (χ3n) is 6.52. The average molecular weight is 545 g/mol. The van der Waals surface area contributed by atoms with Crippen molar-refractivity contribution in [3.05, 3.63) is 51.1 Å². The van der Waals surface area contributed by atoms with Gasteiger partial charge in [-0.3, -0.25) is 14.4 Å². The Kier molecular flexibility index (Phi) is 7.44. The SMILES string of the molecule is CN1CCc2nc(C(=O)N[C@@H]3C[C@@H](c4ncon4)CC[C@@H]3NC(=O)C(=O)Nc3ccc(Cl)cn3)sc2C1. The Labute approximate surface area is 221 Å². The van der Waals surface area contributed by atoms with Crippen LogP contribution in [0.3, 0.4) is 0 Å². The van der Waals surface area contributed by atoms with E-state index in [2.05, 4.69) is 41.0 Å². The van der Waals surface area contributed by atoms with Crippen LogP contribution in [0.15, 0.2) is 29.2 Å². The van der Waals surface area contributed by atoms with Crippen LogP contribution >= 0.6 is 22.9 Å². The Morgan fingerprint density at radius 2 is 2.00 bits per heavy atom. The van der Waals surface area contributed by atoms with Gasteiger partial charge in [-0.25, -0.2) is 9.97 Å². The number of rotatable bonds is 5. The summed E-state index contributed by atoms with van der Waals surface area (Å²) >= 11 is 7.20. The number of carbonyl (C=O) groups is 3. The van der Waals surface area contributed by atoms with E-state index in [1.807, 2.05) is 7.05 Å². The number of thiazole rings is 1. The van der Waals surface area contributed by atoms with Crippen LogP contribution in [0.1, 0.15) is 51.4 Å². The minimum absolute atomic E-state index is 0.0672. The fourth-order valence-electron chi connectivity index (χ4n) is 4.60. The Hall–Kier alpha value is -3.42. The lowest BCUT2D eigenvalue weighted by molar-refractivity contribution is -0.136. The van der Waals surface area contributed by atoms with Gasteiger partial charge >= 0.3 is 11.8 Å². The lowest BCUT2D eigenvalue weighted by atomic mass is 9.81. The second kappa shape index (κ2) is 10.9. The third kappa shape index (κ3) is 5.95. The predicted octanol–water partition coefficient (Wildman–Crippen LogP) is 1.75. The van der Waals surface area contributed by atoms with E-state index >= 15 is 0 Å². The molecule has 4 heterocycles. The molecule has 1 fully saturated rings. The molecule has 5 rings (SSSR count). The van der Waals surface area contributed by atoms with Gasteiger partial charge in [-0.1, -0.05) is 16.8 Å². The van der Waals surface area contributed by atoms with Crippen molar-refractivity contribution in [3.8, 4) is 0 Å². The summed E-state index contributed by atoms with van der Waals surface area (Å²) in [5.74, 6) is -1.32. The molecule has 1 saturated carbocycles. The molecule has 12 nitrogen and oxygen atoms in total. The molecule has 3 N–H and O–H groups in total. The monoisotopic (exact) mass is 544 g/mol. The van der Waals surface area contributed by atoms with Gasteiger partial charge < -0.3 is 25.4 Å². The third-order valence-corrected chi connectivity index (χ3v) is 7.82. The molecule has 0 radical (unpaired) electrons. The fraction of sp³-hybridized carbons (Fsp3) is 0.435. The lowest BCUT2D eigenvalue weighted by Gasteiger charge is -2.35. The molecule has 0 aromatic carbocycles. The molecule has 0 bridgehead atoms. The van der Waals surface area contributed by atoms with Crippen LogP contribution in [-0.4, -0.2) is 68.4 Å². The van der Waals surface area contributed by atoms with Gasteiger partial charge in [0.15, 0.2) is 10.8 Å². The summed E-state index contributed by atoms with van der Waals surface area (Å²) in [6.45, 7) is 1.66. The topological polar surface area (TPSA) is 155 Å². The Morgan fingerprint density at radius 3 is 2.76 bits per heavy atom. The Morgan fingerprint density at radius 1 is 1.14 bits per heavy atom. The van der Waals surface area contributed by atoms with Gasteiger partial charge in [0.25, 0.3) is 5.91 Å². The number of aromatic nitrogens is 4. The first-order chi connectivity index (χ1) is 17.9. The standard InChI is InChI=1S/C23H25ClN8O4S/c1-32-7-6-15-17(10-32)37-23(29-15)22(35)28-16-8-12(19-26-11-36-31-19)2-4-14(16)27-20(33)21(34)30-18-5-3-13(24)9-25-18/h3,5,9,11-12,14,16H,2,4,6-8,10H2,1H3,(H,27,33)(H,28,35)(H,25,30,34)/t12-,14-,16+/m0/s1. The van der Waals surface area contributed by atoms with Crippen molar-refractivity contribution in [2.75, 3.05) is 18.9 Å². The zero-order chi connectivity index (χ0) is 25.9. The van der Waals surface area contributed by atoms with Gasteiger partial charge in [-0.05, 0) is 38.4 Å². The Balaban J connectivity index is 1.28. The number of hydrogen-bond donors (Lipinski definition) is 3. The van der Waals surface area contributed by atoms with Gasteiger partial charge in [-0.2, -0.15) is 4.98 Å². The average Bonchev–Trinajstić information content (AvgIpc) is 3.56. The summed E-state index contributed by atoms with van der Waals surface area (Å²) in [5.41, 5.74) is 0.957. The molecule has 2 aliphatic rings. The number of amides is 3. The number of pyridine rings is 1. The summed E-state index contributed by atoms with van der Waals surface area (Å²) in [5, 5.41) is 13.0. The number of carbonyl (C=O) groups excluding carboxylic acids is 3. The van der Waals surface area contributed by atoms with Crippen LogP contribution in [0, 0.1) is 0 Å². The molecule has 14 heteroatoms. The molecule has 1 aliphatic carbocycles. The van der Waals surface area contributed by atoms with Crippen molar-refractivity contribution >= 4 is 46.5 Å². The van der Waals surface area contributed by atoms with Crippen LogP contribution < -0.4 is 16.0 Å². The molecule has 3 atom stereocenters. The Bertz CT molecular complexity index is 1280. The fourth-order valence-corrected chi connectivity index (χ4v) is 5.81. The highest BCUT2D eigenvalue weighted by molar-refractivity contribution is 7.13. The van der Waals surface area contributed by atoms with Crippen LogP contribution in [-0.2, 0) is 22.6 Å². The zero-order valence-electron chi connectivity index (χ0n) is 19.9. The minimum Gasteiger partial charge on any atom is -0.345 e. The number of likely N-dealkylation sites (N-methyl/N-ethyl adjacent to an activating group) is 1. The molecular weight excluding hydrogens is 520 g/mol. The zero-order valence-corrected chi connectivity index (χ0v) is 21.5. The summed E-state index contributed by atoms with van der Waals surface area (Å²) in [7, 11) is 2.04. The number of nitrogens with one attached hydrogen (secondary N) is 3. The smallest absolute Gasteiger partial charge is 0.314 e. The predicted molar refractivity (Wildman–Crippen MR) is 134 cm³/mol. The summed E-state index contributed by atoms with van der Waals surface area (Å²) in [6.07, 6.45) is 5.05. The van der Waals surface area contributed by atoms with Crippen LogP contribution in [0.5, 0.6) is 0 Å². The van der Waals surface area contributed by atoms with Crippen molar-refractivity contribution in [1.29, 1.82) is 0 Å². The highest BCUT2D eigenvalue weighted by Crippen LogP contribution is 2.32. The van der Waals surface area contributed by atoms with Crippen molar-refractivity contribution in [2.45, 2.75) is 50.2 Å². The second-order valence-electron chi connectivity index (χ2n) is 9.15. The molecular formula is C23H25ClN8O4S. The van der Waals surface area contributed by atoms with Gasteiger partial charge in [0.1, 0.15) is 5.82 Å². The molecule has 3 aromatic heterocycles. The molecule has 3 amide bonds. The summed E-state index contributed by atoms with van der Waals surface area (Å²) in [6, 6.07) is 2.10. The van der Waals surface area contributed by atoms with Gasteiger partial charge in [-0.15, -0.1) is 11.3 Å². The minimum atomic E-state index is -0.864. The van der Waals surface area contributed by atoms with E-state index in [1.54, 1.807) is 6.07 Å². The maximum Gasteiger partial charge on any atom is 0.314 e. The summed E-state index contributed by atoms with van der Waals surface area (Å²) in [4.78, 5) is 54.4. The van der Waals surface area contributed by atoms with Gasteiger partial charge in [0.2, 0.25) is 6.39 Å². The van der Waals surface area contributed by atoms with E-state index in [0.29, 0.717) is 35.1 Å². The van der Waals surface area contributed by atoms with Crippen LogP contribution in [0.2, 0.25) is 5.02 Å². The number of anilines is 1. The van der Waals surface area contributed by atoms with Crippen molar-refractivity contribution in [3.63, 3.8) is 0 Å². The van der Waals surface area contributed by atoms with E-state index in [4.69, 9.17) is 16.1 Å². The maximum atomic E-state index is 13.2. The van der Waals surface area contributed by atoms with Crippen LogP contribution in [0.4, 0.5) is 5.82 Å². The highest BCUT2D eigenvalue weighted by Gasteiger charge is 2.36. The first-order valence-corrected chi connectivity index (χ1v) is 13.0. The van der Waals surface area contributed by atoms with Gasteiger partial charge in [0.05, 0.1) is 16.8 Å². The van der Waals surface area contributed by atoms with E-state index in [-0.39, 0.29) is 17.6 Å². The summed E-state index contributed by atoms with van der Waals surface area (Å²) < 4.78 is 4.90. The molecule has 37 heavy (non-hydrogen) atoms. The van der Waals surface area contributed by atoms with Crippen molar-refractivity contribution in [2.24, 2.45) is 0 Å². The molecule has 1 aliphatic heterocycles. The van der Waals surface area contributed by atoms with Gasteiger partial charge in [0, 0.05) is 42.5 Å². The normalized spacial score (nSPS) is 21.6. The van der Waals surface area contributed by atoms with E-state index in [9.17, 15) is 14.4 Å². The lowest BCUT2D eigenvalue weighted by Crippen LogP contribution is -2.56. The molecule has 194 valence electrons. The number of nitrogens with zero attached hydrogens (tertiary/aromatic N) is 5. The molecule has 0 saturated heterocycles. The molecule has 0 spiro atoms.